The molecule has 0 bridgehead atoms. The van der Waals surface area contributed by atoms with Crippen LogP contribution in [0.25, 0.3) is 0 Å². The Hall–Kier alpha value is -1.64. The molecular weight excluding hydrogens is 178 g/mol. The minimum atomic E-state index is -0.268. The zero-order valence-electron chi connectivity index (χ0n) is 7.99. The molecule has 0 fully saturated rings. The molecule has 0 amide bonds. The van der Waals surface area contributed by atoms with Crippen LogP contribution in [-0.2, 0) is 11.3 Å². The topological polar surface area (TPSA) is 38.7 Å². The predicted octanol–water partition coefficient (Wildman–Crippen LogP) is 1.80. The molecule has 1 aromatic rings. The molecule has 0 saturated heterocycles. The molecule has 1 aliphatic rings. The smallest absolute Gasteiger partial charge is 0.338 e. The third-order valence-electron chi connectivity index (χ3n) is 2.15. The van der Waals surface area contributed by atoms with Crippen LogP contribution in [0.3, 0.4) is 0 Å². The van der Waals surface area contributed by atoms with Gasteiger partial charge in [0.2, 0.25) is 0 Å². The normalized spacial score (nSPS) is 12.6. The molecule has 2 rings (SSSR count). The summed E-state index contributed by atoms with van der Waals surface area (Å²) in [6.07, 6.45) is 1.79. The SMILES string of the molecule is CCOC(=O)c1ccc2c(c1)C=NC2. The highest BCUT2D eigenvalue weighted by Crippen LogP contribution is 2.16. The Kier molecular flexibility index (Phi) is 2.31. The van der Waals surface area contributed by atoms with E-state index in [4.69, 9.17) is 4.74 Å². The number of nitrogens with zero attached hydrogens (tertiary/aromatic N) is 1. The summed E-state index contributed by atoms with van der Waals surface area (Å²) in [4.78, 5) is 15.5. The number of hydrogen-bond acceptors (Lipinski definition) is 3. The highest BCUT2D eigenvalue weighted by Gasteiger charge is 2.11. The van der Waals surface area contributed by atoms with Crippen molar-refractivity contribution in [1.82, 2.24) is 0 Å². The fourth-order valence-corrected chi connectivity index (χ4v) is 1.44. The van der Waals surface area contributed by atoms with Crippen molar-refractivity contribution in [2.75, 3.05) is 6.61 Å². The number of fused-ring (bicyclic) bond motifs is 1. The summed E-state index contributed by atoms with van der Waals surface area (Å²) in [6.45, 7) is 2.93. The minimum absolute atomic E-state index is 0.268. The lowest BCUT2D eigenvalue weighted by atomic mass is 10.1. The van der Waals surface area contributed by atoms with E-state index in [0.29, 0.717) is 12.2 Å². The molecule has 0 spiro atoms. The molecule has 3 heteroatoms. The molecule has 1 aromatic carbocycles. The molecule has 0 atom stereocenters. The van der Waals surface area contributed by atoms with Crippen molar-refractivity contribution >= 4 is 12.2 Å². The Bertz CT molecular complexity index is 396. The average molecular weight is 189 g/mol. The maximum absolute atomic E-state index is 11.4. The third-order valence-corrected chi connectivity index (χ3v) is 2.15. The average Bonchev–Trinajstić information content (AvgIpc) is 2.64. The van der Waals surface area contributed by atoms with Crippen LogP contribution < -0.4 is 0 Å². The fourth-order valence-electron chi connectivity index (χ4n) is 1.44. The molecule has 3 nitrogen and oxygen atoms in total. The van der Waals surface area contributed by atoms with Crippen LogP contribution in [0.15, 0.2) is 23.2 Å². The number of rotatable bonds is 2. The molecule has 0 aliphatic carbocycles. The van der Waals surface area contributed by atoms with Gasteiger partial charge in [0.15, 0.2) is 0 Å². The predicted molar refractivity (Wildman–Crippen MR) is 53.7 cm³/mol. The van der Waals surface area contributed by atoms with Gasteiger partial charge >= 0.3 is 5.97 Å². The Morgan fingerprint density at radius 1 is 1.57 bits per heavy atom. The van der Waals surface area contributed by atoms with Gasteiger partial charge in [0.05, 0.1) is 18.7 Å². The Labute approximate surface area is 82.4 Å². The van der Waals surface area contributed by atoms with Gasteiger partial charge in [0.1, 0.15) is 0 Å². The van der Waals surface area contributed by atoms with Gasteiger partial charge in [-0.15, -0.1) is 0 Å². The molecule has 0 radical (unpaired) electrons. The lowest BCUT2D eigenvalue weighted by Gasteiger charge is -2.03. The maximum atomic E-state index is 11.4. The summed E-state index contributed by atoms with van der Waals surface area (Å²) in [7, 11) is 0. The minimum Gasteiger partial charge on any atom is -0.462 e. The number of ether oxygens (including phenoxy) is 1. The second-order valence-electron chi connectivity index (χ2n) is 3.10. The highest BCUT2D eigenvalue weighted by molar-refractivity contribution is 5.93. The summed E-state index contributed by atoms with van der Waals surface area (Å²) in [5.41, 5.74) is 2.78. The number of carbonyl (C=O) groups excluding carboxylic acids is 1. The van der Waals surface area contributed by atoms with Crippen molar-refractivity contribution in [3.8, 4) is 0 Å². The van der Waals surface area contributed by atoms with Gasteiger partial charge in [-0.1, -0.05) is 6.07 Å². The Balaban J connectivity index is 2.28. The first-order valence-electron chi connectivity index (χ1n) is 4.61. The second kappa shape index (κ2) is 3.62. The molecule has 72 valence electrons. The number of esters is 1. The van der Waals surface area contributed by atoms with Gasteiger partial charge in [-0.05, 0) is 30.2 Å². The number of carbonyl (C=O) groups is 1. The van der Waals surface area contributed by atoms with Crippen molar-refractivity contribution < 1.29 is 9.53 Å². The van der Waals surface area contributed by atoms with Gasteiger partial charge in [-0.25, -0.2) is 4.79 Å². The lowest BCUT2D eigenvalue weighted by Crippen LogP contribution is -2.05. The van der Waals surface area contributed by atoms with Gasteiger partial charge in [-0.2, -0.15) is 0 Å². The van der Waals surface area contributed by atoms with E-state index in [-0.39, 0.29) is 5.97 Å². The third kappa shape index (κ3) is 1.53. The van der Waals surface area contributed by atoms with E-state index in [0.717, 1.165) is 17.7 Å². The summed E-state index contributed by atoms with van der Waals surface area (Å²) in [5.74, 6) is -0.268. The molecule has 0 aromatic heterocycles. The van der Waals surface area contributed by atoms with Crippen LogP contribution in [0.5, 0.6) is 0 Å². The maximum Gasteiger partial charge on any atom is 0.338 e. The first-order valence-corrected chi connectivity index (χ1v) is 4.61. The van der Waals surface area contributed by atoms with Gasteiger partial charge in [-0.3, -0.25) is 4.99 Å². The van der Waals surface area contributed by atoms with Crippen molar-refractivity contribution in [2.45, 2.75) is 13.5 Å². The van der Waals surface area contributed by atoms with Crippen LogP contribution in [0.4, 0.5) is 0 Å². The van der Waals surface area contributed by atoms with Crippen LogP contribution in [0.1, 0.15) is 28.4 Å². The number of hydrogen-bond donors (Lipinski definition) is 0. The highest BCUT2D eigenvalue weighted by atomic mass is 16.5. The number of aliphatic imine (C=N–C) groups is 1. The monoisotopic (exact) mass is 189 g/mol. The van der Waals surface area contributed by atoms with Gasteiger partial charge in [0.25, 0.3) is 0 Å². The van der Waals surface area contributed by atoms with Crippen LogP contribution >= 0.6 is 0 Å². The van der Waals surface area contributed by atoms with E-state index < -0.39 is 0 Å². The van der Waals surface area contributed by atoms with Crippen LogP contribution in [-0.4, -0.2) is 18.8 Å². The molecular formula is C11H11NO2. The van der Waals surface area contributed by atoms with E-state index in [9.17, 15) is 4.79 Å². The van der Waals surface area contributed by atoms with Crippen molar-refractivity contribution in [2.24, 2.45) is 4.99 Å². The molecule has 1 heterocycles. The first kappa shape index (κ1) is 8.94. The molecule has 0 unspecified atom stereocenters. The van der Waals surface area contributed by atoms with Crippen molar-refractivity contribution in [1.29, 1.82) is 0 Å². The van der Waals surface area contributed by atoms with Crippen molar-refractivity contribution in [3.63, 3.8) is 0 Å². The van der Waals surface area contributed by atoms with E-state index in [1.54, 1.807) is 19.2 Å². The Morgan fingerprint density at radius 2 is 2.43 bits per heavy atom. The van der Waals surface area contributed by atoms with E-state index >= 15 is 0 Å². The van der Waals surface area contributed by atoms with Gasteiger partial charge < -0.3 is 4.74 Å². The van der Waals surface area contributed by atoms with Gasteiger partial charge in [0, 0.05) is 6.21 Å². The summed E-state index contributed by atoms with van der Waals surface area (Å²) < 4.78 is 4.90. The summed E-state index contributed by atoms with van der Waals surface area (Å²) in [6, 6.07) is 5.53. The quantitative estimate of drug-likeness (QED) is 0.665. The second-order valence-corrected chi connectivity index (χ2v) is 3.10. The van der Waals surface area contributed by atoms with Crippen LogP contribution in [0, 0.1) is 0 Å². The largest absolute Gasteiger partial charge is 0.462 e. The molecule has 14 heavy (non-hydrogen) atoms. The molecule has 0 saturated carbocycles. The first-order chi connectivity index (χ1) is 6.81. The zero-order chi connectivity index (χ0) is 9.97. The Morgan fingerprint density at radius 3 is 3.21 bits per heavy atom. The van der Waals surface area contributed by atoms with E-state index in [1.807, 2.05) is 12.1 Å². The zero-order valence-corrected chi connectivity index (χ0v) is 7.99. The van der Waals surface area contributed by atoms with E-state index in [1.165, 1.54) is 0 Å². The lowest BCUT2D eigenvalue weighted by molar-refractivity contribution is 0.0526. The summed E-state index contributed by atoms with van der Waals surface area (Å²) in [5, 5.41) is 0. The molecule has 1 aliphatic heterocycles. The molecule has 0 N–H and O–H groups in total. The van der Waals surface area contributed by atoms with E-state index in [2.05, 4.69) is 4.99 Å². The van der Waals surface area contributed by atoms with Crippen LogP contribution in [0.2, 0.25) is 0 Å². The fraction of sp³-hybridized carbons (Fsp3) is 0.273. The van der Waals surface area contributed by atoms with Crippen molar-refractivity contribution in [3.05, 3.63) is 34.9 Å². The summed E-state index contributed by atoms with van der Waals surface area (Å²) >= 11 is 0. The standard InChI is InChI=1S/C11H11NO2/c1-2-14-11(13)8-3-4-9-6-12-7-10(9)5-8/h3-5,7H,2,6H2,1H3. The number of benzene rings is 1.